The van der Waals surface area contributed by atoms with Crippen molar-refractivity contribution in [2.24, 2.45) is 0 Å². The molecule has 1 N–H and O–H groups in total. The van der Waals surface area contributed by atoms with Crippen molar-refractivity contribution >= 4 is 44.4 Å². The van der Waals surface area contributed by atoms with Gasteiger partial charge in [-0.3, -0.25) is 0 Å². The molecule has 1 nitrogen and oxygen atoms in total. The zero-order valence-corrected chi connectivity index (χ0v) is 11.8. The number of hydrogen-bond acceptors (Lipinski definition) is 1. The van der Waals surface area contributed by atoms with E-state index in [0.29, 0.717) is 6.92 Å². The summed E-state index contributed by atoms with van der Waals surface area (Å²) in [7, 11) is 0. The van der Waals surface area contributed by atoms with E-state index in [9.17, 15) is 18.3 Å². The molecule has 17 heavy (non-hydrogen) atoms. The maximum absolute atomic E-state index is 12.6. The second-order valence-corrected chi connectivity index (χ2v) is 12.1. The molecule has 0 amide bonds. The first kappa shape index (κ1) is 15.1. The second-order valence-electron chi connectivity index (χ2n) is 3.65. The van der Waals surface area contributed by atoms with Crippen molar-refractivity contribution in [2.45, 2.75) is 18.7 Å². The van der Waals surface area contributed by atoms with E-state index < -0.39 is 17.8 Å². The van der Waals surface area contributed by atoms with Crippen LogP contribution in [-0.2, 0) is 5.60 Å². The van der Waals surface area contributed by atoms with Crippen LogP contribution in [0.25, 0.3) is 0 Å². The summed E-state index contributed by atoms with van der Waals surface area (Å²) in [6, 6.07) is 1.70. The molecule has 1 aromatic rings. The van der Waals surface area contributed by atoms with Crippen LogP contribution in [0.3, 0.4) is 0 Å². The van der Waals surface area contributed by atoms with Gasteiger partial charge in [-0.25, -0.2) is 0 Å². The maximum Gasteiger partial charge on any atom is 0.421 e. The predicted molar refractivity (Wildman–Crippen MR) is 65.0 cm³/mol. The summed E-state index contributed by atoms with van der Waals surface area (Å²) in [6.45, 7) is 0.659. The molecular weight excluding hydrogens is 316 g/mol. The van der Waals surface area contributed by atoms with Crippen molar-refractivity contribution in [1.82, 2.24) is 0 Å². The van der Waals surface area contributed by atoms with Crippen molar-refractivity contribution < 1.29 is 18.3 Å². The SMILES string of the molecule is CC(O)(c1cccc([Si](Cl)(Cl)Cl)c1)C(F)(F)F. The molecule has 0 heterocycles. The van der Waals surface area contributed by atoms with Gasteiger partial charge < -0.3 is 5.11 Å². The van der Waals surface area contributed by atoms with E-state index in [1.54, 1.807) is 0 Å². The molecule has 96 valence electrons. The van der Waals surface area contributed by atoms with E-state index >= 15 is 0 Å². The monoisotopic (exact) mass is 322 g/mol. The predicted octanol–water partition coefficient (Wildman–Crippen LogP) is 3.32. The summed E-state index contributed by atoms with van der Waals surface area (Å²) in [5.74, 6) is 0. The maximum atomic E-state index is 12.6. The first-order valence-electron chi connectivity index (χ1n) is 4.43. The van der Waals surface area contributed by atoms with Crippen molar-refractivity contribution in [3.05, 3.63) is 29.8 Å². The Balaban J connectivity index is 3.26. The fourth-order valence-electron chi connectivity index (χ4n) is 1.16. The highest BCUT2D eigenvalue weighted by Gasteiger charge is 2.51. The average molecular weight is 324 g/mol. The zero-order chi connectivity index (χ0) is 13.5. The molecule has 0 saturated carbocycles. The van der Waals surface area contributed by atoms with Crippen molar-refractivity contribution in [2.75, 3.05) is 0 Å². The van der Waals surface area contributed by atoms with E-state index in [2.05, 4.69) is 0 Å². The Morgan fingerprint density at radius 1 is 1.18 bits per heavy atom. The Bertz CT molecular complexity index is 415. The summed E-state index contributed by atoms with van der Waals surface area (Å²) in [5, 5.41) is 9.67. The van der Waals surface area contributed by atoms with Crippen LogP contribution in [0.4, 0.5) is 13.2 Å². The lowest BCUT2D eigenvalue weighted by Crippen LogP contribution is -2.41. The van der Waals surface area contributed by atoms with Gasteiger partial charge in [-0.05, 0) is 17.7 Å². The van der Waals surface area contributed by atoms with E-state index in [0.717, 1.165) is 12.1 Å². The number of halogens is 6. The molecule has 0 aliphatic heterocycles. The molecule has 0 spiro atoms. The molecule has 0 aliphatic carbocycles. The lowest BCUT2D eigenvalue weighted by atomic mass is 9.96. The topological polar surface area (TPSA) is 20.2 Å². The smallest absolute Gasteiger partial charge is 0.376 e. The van der Waals surface area contributed by atoms with Crippen molar-refractivity contribution in [3.63, 3.8) is 0 Å². The number of rotatable bonds is 2. The molecule has 0 bridgehead atoms. The fraction of sp³-hybridized carbons (Fsp3) is 0.333. The van der Waals surface area contributed by atoms with E-state index in [1.165, 1.54) is 12.1 Å². The van der Waals surface area contributed by atoms with Crippen LogP contribution in [0, 0.1) is 0 Å². The largest absolute Gasteiger partial charge is 0.421 e. The molecule has 8 heteroatoms. The quantitative estimate of drug-likeness (QED) is 0.654. The highest BCUT2D eigenvalue weighted by molar-refractivity contribution is 7.69. The Morgan fingerprint density at radius 3 is 2.12 bits per heavy atom. The first-order valence-corrected chi connectivity index (χ1v) is 9.46. The third-order valence-electron chi connectivity index (χ3n) is 2.30. The first-order chi connectivity index (χ1) is 7.46. The van der Waals surface area contributed by atoms with E-state index in [-0.39, 0.29) is 10.8 Å². The van der Waals surface area contributed by atoms with E-state index in [1.807, 2.05) is 0 Å². The summed E-state index contributed by atoms with van der Waals surface area (Å²) < 4.78 is 37.8. The Hall–Kier alpha value is 0.0569. The normalized spacial score (nSPS) is 16.7. The van der Waals surface area contributed by atoms with Gasteiger partial charge in [0.15, 0.2) is 5.60 Å². The minimum Gasteiger partial charge on any atom is -0.376 e. The van der Waals surface area contributed by atoms with Gasteiger partial charge in [0.25, 0.3) is 0 Å². The van der Waals surface area contributed by atoms with Gasteiger partial charge in [0.1, 0.15) is 0 Å². The molecule has 1 rings (SSSR count). The van der Waals surface area contributed by atoms with Crippen LogP contribution < -0.4 is 5.19 Å². The van der Waals surface area contributed by atoms with Crippen LogP contribution in [0.1, 0.15) is 12.5 Å². The summed E-state index contributed by atoms with van der Waals surface area (Å²) in [4.78, 5) is 0. The second kappa shape index (κ2) is 4.62. The lowest BCUT2D eigenvalue weighted by molar-refractivity contribution is -0.258. The van der Waals surface area contributed by atoms with Crippen molar-refractivity contribution in [1.29, 1.82) is 0 Å². The fourth-order valence-corrected chi connectivity index (χ4v) is 2.82. The summed E-state index contributed by atoms with van der Waals surface area (Å²) in [6.07, 6.45) is -4.79. The van der Waals surface area contributed by atoms with Gasteiger partial charge in [-0.2, -0.15) is 13.2 Å². The molecule has 0 saturated heterocycles. The minimum absolute atomic E-state index is 0.199. The molecule has 0 radical (unpaired) electrons. The number of alkyl halides is 3. The Labute approximate surface area is 111 Å². The van der Waals surface area contributed by atoms with Gasteiger partial charge in [0.05, 0.1) is 0 Å². The van der Waals surface area contributed by atoms with Crippen LogP contribution in [0.15, 0.2) is 24.3 Å². The number of aliphatic hydroxyl groups is 1. The molecule has 1 atom stereocenters. The standard InChI is InChI=1S/C9H8Cl3F3OSi/c1-8(16,9(13,14)15)6-3-2-4-7(5-6)17(10,11)12/h2-5,16H,1H3. The Kier molecular flexibility index (Phi) is 4.11. The molecule has 1 unspecified atom stereocenters. The van der Waals surface area contributed by atoms with Gasteiger partial charge in [-0.1, -0.05) is 24.3 Å². The number of hydrogen-bond donors (Lipinski definition) is 1. The van der Waals surface area contributed by atoms with Gasteiger partial charge in [0, 0.05) is 0 Å². The molecule has 0 aromatic heterocycles. The molecule has 0 fully saturated rings. The van der Waals surface area contributed by atoms with Crippen LogP contribution in [0.2, 0.25) is 0 Å². The van der Waals surface area contributed by atoms with Gasteiger partial charge >= 0.3 is 12.2 Å². The zero-order valence-electron chi connectivity index (χ0n) is 8.52. The van der Waals surface area contributed by atoms with Crippen LogP contribution in [0.5, 0.6) is 0 Å². The third-order valence-corrected chi connectivity index (χ3v) is 5.23. The molecule has 1 aromatic carbocycles. The van der Waals surface area contributed by atoms with Crippen LogP contribution >= 0.6 is 33.2 Å². The minimum atomic E-state index is -4.79. The van der Waals surface area contributed by atoms with Gasteiger partial charge in [0.2, 0.25) is 0 Å². The molecule has 0 aliphatic rings. The van der Waals surface area contributed by atoms with Gasteiger partial charge in [-0.15, -0.1) is 33.2 Å². The highest BCUT2D eigenvalue weighted by Crippen LogP contribution is 2.38. The summed E-state index contributed by atoms with van der Waals surface area (Å²) >= 11 is 17.1. The third kappa shape index (κ3) is 3.29. The van der Waals surface area contributed by atoms with Crippen molar-refractivity contribution in [3.8, 4) is 0 Å². The number of benzene rings is 1. The Morgan fingerprint density at radius 2 is 1.71 bits per heavy atom. The molecular formula is C9H8Cl3F3OSi. The average Bonchev–Trinajstić information content (AvgIpc) is 2.15. The lowest BCUT2D eigenvalue weighted by Gasteiger charge is -2.27. The van der Waals surface area contributed by atoms with Crippen LogP contribution in [-0.4, -0.2) is 17.3 Å². The highest BCUT2D eigenvalue weighted by atomic mass is 35.8. The van der Waals surface area contributed by atoms with E-state index in [4.69, 9.17) is 33.2 Å². The summed E-state index contributed by atoms with van der Waals surface area (Å²) in [5.41, 5.74) is -3.31.